The summed E-state index contributed by atoms with van der Waals surface area (Å²) >= 11 is 1.50. The van der Waals surface area contributed by atoms with Gasteiger partial charge in [0.05, 0.1) is 11.3 Å². The SMILES string of the molecule is CCN(CC)c1ccc(N2C(=O)C(c3cccs3)=C(N3CCN(C)CC3)C2=O)cc1. The van der Waals surface area contributed by atoms with Crippen molar-refractivity contribution in [2.24, 2.45) is 0 Å². The fourth-order valence-corrected chi connectivity index (χ4v) is 4.88. The smallest absolute Gasteiger partial charge is 0.282 e. The van der Waals surface area contributed by atoms with Gasteiger partial charge in [-0.25, -0.2) is 4.90 Å². The summed E-state index contributed by atoms with van der Waals surface area (Å²) in [7, 11) is 2.08. The van der Waals surface area contributed by atoms with E-state index in [2.05, 4.69) is 35.6 Å². The van der Waals surface area contributed by atoms with Gasteiger partial charge in [0.1, 0.15) is 5.70 Å². The van der Waals surface area contributed by atoms with Crippen molar-refractivity contribution in [3.05, 3.63) is 52.4 Å². The lowest BCUT2D eigenvalue weighted by atomic mass is 10.1. The van der Waals surface area contributed by atoms with E-state index in [9.17, 15) is 9.59 Å². The molecule has 2 aromatic rings. The highest BCUT2D eigenvalue weighted by Gasteiger charge is 2.43. The van der Waals surface area contributed by atoms with E-state index in [1.807, 2.05) is 41.8 Å². The normalized spacial score (nSPS) is 18.0. The minimum atomic E-state index is -0.230. The summed E-state index contributed by atoms with van der Waals surface area (Å²) < 4.78 is 0. The number of thiophene rings is 1. The monoisotopic (exact) mass is 424 g/mol. The van der Waals surface area contributed by atoms with Crippen molar-refractivity contribution in [3.63, 3.8) is 0 Å². The maximum Gasteiger partial charge on any atom is 0.282 e. The molecule has 0 unspecified atom stereocenters. The van der Waals surface area contributed by atoms with Crippen molar-refractivity contribution < 1.29 is 9.59 Å². The van der Waals surface area contributed by atoms with E-state index >= 15 is 0 Å². The lowest BCUT2D eigenvalue weighted by molar-refractivity contribution is -0.120. The number of hydrogen-bond donors (Lipinski definition) is 0. The van der Waals surface area contributed by atoms with Crippen molar-refractivity contribution >= 4 is 40.1 Å². The summed E-state index contributed by atoms with van der Waals surface area (Å²) in [6.45, 7) is 9.30. The first-order chi connectivity index (χ1) is 14.5. The zero-order chi connectivity index (χ0) is 21.3. The van der Waals surface area contributed by atoms with E-state index in [0.29, 0.717) is 17.0 Å². The summed E-state index contributed by atoms with van der Waals surface area (Å²) in [5, 5.41) is 1.95. The van der Waals surface area contributed by atoms with Crippen LogP contribution in [0.3, 0.4) is 0 Å². The van der Waals surface area contributed by atoms with Gasteiger partial charge in [0.15, 0.2) is 0 Å². The van der Waals surface area contributed by atoms with Crippen LogP contribution in [0.5, 0.6) is 0 Å². The second kappa shape index (κ2) is 8.62. The maximum absolute atomic E-state index is 13.5. The lowest BCUT2D eigenvalue weighted by Crippen LogP contribution is -2.46. The molecular weight excluding hydrogens is 396 g/mol. The topological polar surface area (TPSA) is 47.1 Å². The van der Waals surface area contributed by atoms with Gasteiger partial charge >= 0.3 is 0 Å². The minimum absolute atomic E-state index is 0.219. The molecule has 1 aromatic carbocycles. The van der Waals surface area contributed by atoms with Crippen LogP contribution in [0.2, 0.25) is 0 Å². The Bertz CT molecular complexity index is 940. The van der Waals surface area contributed by atoms with Crippen LogP contribution in [0.1, 0.15) is 18.7 Å². The highest BCUT2D eigenvalue weighted by atomic mass is 32.1. The Labute approximate surface area is 182 Å². The van der Waals surface area contributed by atoms with E-state index in [1.165, 1.54) is 16.2 Å². The molecule has 158 valence electrons. The third-order valence-electron chi connectivity index (χ3n) is 5.88. The van der Waals surface area contributed by atoms with E-state index in [1.54, 1.807) is 0 Å². The van der Waals surface area contributed by atoms with Crippen LogP contribution < -0.4 is 9.80 Å². The lowest BCUT2D eigenvalue weighted by Gasteiger charge is -2.34. The molecule has 0 bridgehead atoms. The standard InChI is InChI=1S/C23H28N4O2S/c1-4-25(5-2)17-8-10-18(11-9-17)27-22(28)20(19-7-6-16-30-19)21(23(27)29)26-14-12-24(3)13-15-26/h6-11,16H,4-5,12-15H2,1-3H3. The number of amides is 2. The largest absolute Gasteiger partial charge is 0.372 e. The van der Waals surface area contributed by atoms with E-state index in [-0.39, 0.29) is 11.8 Å². The van der Waals surface area contributed by atoms with E-state index < -0.39 is 0 Å². The second-order valence-corrected chi connectivity index (χ2v) is 8.57. The van der Waals surface area contributed by atoms with Gasteiger partial charge in [-0.1, -0.05) is 6.07 Å². The van der Waals surface area contributed by atoms with E-state index in [4.69, 9.17) is 0 Å². The van der Waals surface area contributed by atoms with Gasteiger partial charge in [0.25, 0.3) is 11.8 Å². The van der Waals surface area contributed by atoms with Crippen molar-refractivity contribution in [1.29, 1.82) is 0 Å². The first kappa shape index (κ1) is 20.6. The molecule has 0 atom stereocenters. The molecule has 1 fully saturated rings. The van der Waals surface area contributed by atoms with Gasteiger partial charge in [-0.2, -0.15) is 0 Å². The molecule has 1 saturated heterocycles. The number of nitrogens with zero attached hydrogens (tertiary/aromatic N) is 4. The predicted molar refractivity (Wildman–Crippen MR) is 123 cm³/mol. The third kappa shape index (κ3) is 3.63. The van der Waals surface area contributed by atoms with Gasteiger partial charge in [0, 0.05) is 49.8 Å². The molecule has 7 heteroatoms. The third-order valence-corrected chi connectivity index (χ3v) is 6.77. The molecule has 2 aliphatic rings. The van der Waals surface area contributed by atoms with Gasteiger partial charge in [0.2, 0.25) is 0 Å². The van der Waals surface area contributed by atoms with Crippen LogP contribution in [0.4, 0.5) is 11.4 Å². The van der Waals surface area contributed by atoms with Crippen LogP contribution >= 0.6 is 11.3 Å². The number of carbonyl (C=O) groups is 2. The molecule has 2 amide bonds. The number of piperazine rings is 1. The molecule has 0 spiro atoms. The van der Waals surface area contributed by atoms with Crippen molar-refractivity contribution in [2.45, 2.75) is 13.8 Å². The average molecular weight is 425 g/mol. The highest BCUT2D eigenvalue weighted by molar-refractivity contribution is 7.11. The Morgan fingerprint density at radius 1 is 0.933 bits per heavy atom. The van der Waals surface area contributed by atoms with Crippen LogP contribution in [0, 0.1) is 0 Å². The van der Waals surface area contributed by atoms with Crippen LogP contribution in [-0.2, 0) is 9.59 Å². The summed E-state index contributed by atoms with van der Waals surface area (Å²) in [5.74, 6) is -0.449. The molecule has 2 aliphatic heterocycles. The molecule has 30 heavy (non-hydrogen) atoms. The number of likely N-dealkylation sites (N-methyl/N-ethyl adjacent to an activating group) is 1. The van der Waals surface area contributed by atoms with Crippen LogP contribution in [0.25, 0.3) is 5.57 Å². The highest BCUT2D eigenvalue weighted by Crippen LogP contribution is 2.37. The Kier molecular flexibility index (Phi) is 5.92. The molecule has 4 rings (SSSR count). The average Bonchev–Trinajstić information content (AvgIpc) is 3.36. The Morgan fingerprint density at radius 2 is 1.60 bits per heavy atom. The van der Waals surface area contributed by atoms with Crippen LogP contribution in [0.15, 0.2) is 47.5 Å². The molecule has 0 N–H and O–H groups in total. The zero-order valence-corrected chi connectivity index (χ0v) is 18.6. The molecule has 0 saturated carbocycles. The minimum Gasteiger partial charge on any atom is -0.372 e. The number of hydrogen-bond acceptors (Lipinski definition) is 6. The maximum atomic E-state index is 13.5. The Morgan fingerprint density at radius 3 is 2.17 bits per heavy atom. The number of imide groups is 1. The molecule has 0 aliphatic carbocycles. The summed E-state index contributed by atoms with van der Waals surface area (Å²) in [6.07, 6.45) is 0. The predicted octanol–water partition coefficient (Wildman–Crippen LogP) is 3.13. The fraction of sp³-hybridized carbons (Fsp3) is 0.391. The second-order valence-electron chi connectivity index (χ2n) is 7.63. The van der Waals surface area contributed by atoms with Crippen molar-refractivity contribution in [3.8, 4) is 0 Å². The molecule has 6 nitrogen and oxygen atoms in total. The first-order valence-corrected chi connectivity index (χ1v) is 11.4. The zero-order valence-electron chi connectivity index (χ0n) is 17.8. The number of carbonyl (C=O) groups excluding carboxylic acids is 2. The first-order valence-electron chi connectivity index (χ1n) is 10.5. The number of anilines is 2. The Hall–Kier alpha value is -2.64. The van der Waals surface area contributed by atoms with Gasteiger partial charge in [-0.15, -0.1) is 11.3 Å². The molecule has 3 heterocycles. The summed E-state index contributed by atoms with van der Waals surface area (Å²) in [4.78, 5) is 35.7. The van der Waals surface area contributed by atoms with Gasteiger partial charge in [-0.05, 0) is 56.6 Å². The van der Waals surface area contributed by atoms with E-state index in [0.717, 1.165) is 49.8 Å². The van der Waals surface area contributed by atoms with Crippen molar-refractivity contribution in [1.82, 2.24) is 9.80 Å². The summed E-state index contributed by atoms with van der Waals surface area (Å²) in [5.41, 5.74) is 2.79. The van der Waals surface area contributed by atoms with Gasteiger partial charge < -0.3 is 14.7 Å². The molecular formula is C23H28N4O2S. The van der Waals surface area contributed by atoms with Gasteiger partial charge in [-0.3, -0.25) is 9.59 Å². The molecule has 1 aromatic heterocycles. The fourth-order valence-electron chi connectivity index (χ4n) is 4.12. The number of benzene rings is 1. The Balaban J connectivity index is 1.69. The van der Waals surface area contributed by atoms with Crippen LogP contribution in [-0.4, -0.2) is 67.9 Å². The number of rotatable bonds is 6. The quantitative estimate of drug-likeness (QED) is 0.667. The summed E-state index contributed by atoms with van der Waals surface area (Å²) in [6, 6.07) is 11.6. The van der Waals surface area contributed by atoms with Crippen molar-refractivity contribution in [2.75, 3.05) is 56.1 Å². The molecule has 0 radical (unpaired) electrons.